The van der Waals surface area contributed by atoms with Gasteiger partial charge in [0.25, 0.3) is 0 Å². The highest BCUT2D eigenvalue weighted by molar-refractivity contribution is 9.10. The molecule has 1 aliphatic heterocycles. The van der Waals surface area contributed by atoms with Crippen LogP contribution in [0.2, 0.25) is 0 Å². The normalized spacial score (nSPS) is 21.3. The lowest BCUT2D eigenvalue weighted by Crippen LogP contribution is -2.43. The molecule has 4 heteroatoms. The van der Waals surface area contributed by atoms with Gasteiger partial charge in [-0.3, -0.25) is 4.90 Å². The van der Waals surface area contributed by atoms with Crippen molar-refractivity contribution >= 4 is 15.9 Å². The molecule has 0 spiro atoms. The summed E-state index contributed by atoms with van der Waals surface area (Å²) in [5.41, 5.74) is 2.79. The predicted molar refractivity (Wildman–Crippen MR) is 86.8 cm³/mol. The van der Waals surface area contributed by atoms with Gasteiger partial charge in [-0.25, -0.2) is 0 Å². The zero-order valence-electron chi connectivity index (χ0n) is 12.2. The maximum absolute atomic E-state index is 3.74. The monoisotopic (exact) mass is 337 g/mol. The van der Waals surface area contributed by atoms with Crippen LogP contribution in [-0.4, -0.2) is 49.1 Å². The van der Waals surface area contributed by atoms with Crippen LogP contribution in [0.5, 0.6) is 0 Å². The smallest absolute Gasteiger partial charge is 0.0246 e. The Balaban J connectivity index is 1.55. The Kier molecular flexibility index (Phi) is 4.76. The summed E-state index contributed by atoms with van der Waals surface area (Å²) >= 11 is 3.74. The van der Waals surface area contributed by atoms with E-state index in [9.17, 15) is 0 Å². The summed E-state index contributed by atoms with van der Waals surface area (Å²) in [5, 5.41) is 3.57. The Bertz CT molecular complexity index is 451. The van der Waals surface area contributed by atoms with Crippen LogP contribution >= 0.6 is 15.9 Å². The maximum Gasteiger partial charge on any atom is 0.0246 e. The van der Waals surface area contributed by atoms with E-state index in [1.807, 2.05) is 0 Å². The Hall–Kier alpha value is -0.420. The minimum atomic E-state index is 0.777. The van der Waals surface area contributed by atoms with Crippen molar-refractivity contribution in [2.45, 2.75) is 32.0 Å². The van der Waals surface area contributed by atoms with Gasteiger partial charge in [0, 0.05) is 49.8 Å². The molecule has 0 unspecified atom stereocenters. The highest BCUT2D eigenvalue weighted by atomic mass is 79.9. The maximum atomic E-state index is 3.74. The zero-order valence-corrected chi connectivity index (χ0v) is 13.8. The van der Waals surface area contributed by atoms with Gasteiger partial charge in [-0.2, -0.15) is 0 Å². The largest absolute Gasteiger partial charge is 0.310 e. The topological polar surface area (TPSA) is 18.5 Å². The van der Waals surface area contributed by atoms with E-state index in [2.05, 4.69) is 56.3 Å². The van der Waals surface area contributed by atoms with E-state index in [0.717, 1.165) is 19.1 Å². The fraction of sp³-hybridized carbons (Fsp3) is 0.625. The van der Waals surface area contributed by atoms with E-state index in [1.165, 1.54) is 54.6 Å². The third-order valence-corrected chi connectivity index (χ3v) is 5.02. The third kappa shape index (κ3) is 4.04. The Labute approximate surface area is 130 Å². The molecular weight excluding hydrogens is 314 g/mol. The van der Waals surface area contributed by atoms with E-state index in [1.54, 1.807) is 0 Å². The molecule has 20 heavy (non-hydrogen) atoms. The van der Waals surface area contributed by atoms with Crippen molar-refractivity contribution in [3.63, 3.8) is 0 Å². The van der Waals surface area contributed by atoms with Crippen molar-refractivity contribution < 1.29 is 0 Å². The molecule has 1 heterocycles. The van der Waals surface area contributed by atoms with Gasteiger partial charge in [-0.1, -0.05) is 28.1 Å². The minimum Gasteiger partial charge on any atom is -0.310 e. The average Bonchev–Trinajstić information content (AvgIpc) is 3.26. The van der Waals surface area contributed by atoms with E-state index < -0.39 is 0 Å². The van der Waals surface area contributed by atoms with Crippen molar-refractivity contribution in [2.75, 3.05) is 33.2 Å². The molecule has 0 aromatic heterocycles. The van der Waals surface area contributed by atoms with Crippen LogP contribution < -0.4 is 5.32 Å². The van der Waals surface area contributed by atoms with Gasteiger partial charge in [-0.05, 0) is 37.1 Å². The SMILES string of the molecule is CN1CCN(Cc2ccc(CNC3CC3)cc2Br)CC1. The van der Waals surface area contributed by atoms with Crippen LogP contribution in [0.15, 0.2) is 22.7 Å². The highest BCUT2D eigenvalue weighted by Gasteiger charge is 2.20. The van der Waals surface area contributed by atoms with E-state index in [-0.39, 0.29) is 0 Å². The van der Waals surface area contributed by atoms with Crippen LogP contribution in [0.3, 0.4) is 0 Å². The number of benzene rings is 1. The lowest BCUT2D eigenvalue weighted by atomic mass is 10.1. The van der Waals surface area contributed by atoms with E-state index in [4.69, 9.17) is 0 Å². The number of hydrogen-bond donors (Lipinski definition) is 1. The van der Waals surface area contributed by atoms with Gasteiger partial charge in [0.1, 0.15) is 0 Å². The molecular formula is C16H24BrN3. The first-order chi connectivity index (χ1) is 9.70. The van der Waals surface area contributed by atoms with Crippen LogP contribution in [0.4, 0.5) is 0 Å². The fourth-order valence-corrected chi connectivity index (χ4v) is 3.18. The molecule has 3 rings (SSSR count). The number of piperazine rings is 1. The summed E-state index contributed by atoms with van der Waals surface area (Å²) in [6.07, 6.45) is 2.70. The number of halogens is 1. The summed E-state index contributed by atoms with van der Waals surface area (Å²) in [4.78, 5) is 4.94. The molecule has 2 fully saturated rings. The van der Waals surface area contributed by atoms with Gasteiger partial charge in [0.2, 0.25) is 0 Å². The van der Waals surface area contributed by atoms with Gasteiger partial charge >= 0.3 is 0 Å². The highest BCUT2D eigenvalue weighted by Crippen LogP contribution is 2.23. The molecule has 0 radical (unpaired) electrons. The number of nitrogens with one attached hydrogen (secondary N) is 1. The third-order valence-electron chi connectivity index (χ3n) is 4.28. The number of nitrogens with zero attached hydrogens (tertiary/aromatic N) is 2. The molecule has 1 N–H and O–H groups in total. The minimum absolute atomic E-state index is 0.777. The molecule has 1 saturated carbocycles. The molecule has 0 bridgehead atoms. The van der Waals surface area contributed by atoms with Gasteiger partial charge in [0.15, 0.2) is 0 Å². The first kappa shape index (κ1) is 14.5. The zero-order chi connectivity index (χ0) is 13.9. The Morgan fingerprint density at radius 2 is 1.95 bits per heavy atom. The Morgan fingerprint density at radius 1 is 1.20 bits per heavy atom. The molecule has 3 nitrogen and oxygen atoms in total. The summed E-state index contributed by atoms with van der Waals surface area (Å²) < 4.78 is 1.26. The predicted octanol–water partition coefficient (Wildman–Crippen LogP) is 2.45. The molecule has 1 aromatic carbocycles. The molecule has 0 atom stereocenters. The number of rotatable bonds is 5. The number of hydrogen-bond acceptors (Lipinski definition) is 3. The second-order valence-corrected chi connectivity index (χ2v) is 7.01. The van der Waals surface area contributed by atoms with E-state index >= 15 is 0 Å². The van der Waals surface area contributed by atoms with Crippen LogP contribution in [0.25, 0.3) is 0 Å². The molecule has 1 aliphatic carbocycles. The van der Waals surface area contributed by atoms with Crippen molar-refractivity contribution in [2.24, 2.45) is 0 Å². The van der Waals surface area contributed by atoms with Crippen molar-refractivity contribution in [3.8, 4) is 0 Å². The van der Waals surface area contributed by atoms with Gasteiger partial charge in [0.05, 0.1) is 0 Å². The lowest BCUT2D eigenvalue weighted by Gasteiger charge is -2.32. The molecule has 2 aliphatic rings. The summed E-state index contributed by atoms with van der Waals surface area (Å²) in [7, 11) is 2.20. The van der Waals surface area contributed by atoms with Crippen LogP contribution in [-0.2, 0) is 13.1 Å². The Morgan fingerprint density at radius 3 is 2.60 bits per heavy atom. The van der Waals surface area contributed by atoms with Gasteiger partial charge in [-0.15, -0.1) is 0 Å². The summed E-state index contributed by atoms with van der Waals surface area (Å²) in [5.74, 6) is 0. The summed E-state index contributed by atoms with van der Waals surface area (Å²) in [6, 6.07) is 7.61. The van der Waals surface area contributed by atoms with E-state index in [0.29, 0.717) is 0 Å². The first-order valence-electron chi connectivity index (χ1n) is 7.62. The molecule has 0 amide bonds. The number of likely N-dealkylation sites (N-methyl/N-ethyl adjacent to an activating group) is 1. The van der Waals surface area contributed by atoms with Gasteiger partial charge < -0.3 is 10.2 Å². The molecule has 110 valence electrons. The van der Waals surface area contributed by atoms with Crippen molar-refractivity contribution in [1.29, 1.82) is 0 Å². The molecule has 1 aromatic rings. The fourth-order valence-electron chi connectivity index (χ4n) is 2.63. The van der Waals surface area contributed by atoms with Crippen molar-refractivity contribution in [3.05, 3.63) is 33.8 Å². The summed E-state index contributed by atoms with van der Waals surface area (Å²) in [6.45, 7) is 6.77. The van der Waals surface area contributed by atoms with Crippen LogP contribution in [0.1, 0.15) is 24.0 Å². The lowest BCUT2D eigenvalue weighted by molar-refractivity contribution is 0.148. The van der Waals surface area contributed by atoms with Crippen molar-refractivity contribution in [1.82, 2.24) is 15.1 Å². The quantitative estimate of drug-likeness (QED) is 0.890. The standard InChI is InChI=1S/C16H24BrN3/c1-19-6-8-20(9-7-19)12-14-3-2-13(10-16(14)17)11-18-15-4-5-15/h2-3,10,15,18H,4-9,11-12H2,1H3. The molecule has 1 saturated heterocycles. The second kappa shape index (κ2) is 6.56. The van der Waals surface area contributed by atoms with Crippen LogP contribution in [0, 0.1) is 0 Å². The average molecular weight is 338 g/mol. The first-order valence-corrected chi connectivity index (χ1v) is 8.41. The second-order valence-electron chi connectivity index (χ2n) is 6.16.